The van der Waals surface area contributed by atoms with Gasteiger partial charge in [0.15, 0.2) is 5.82 Å². The van der Waals surface area contributed by atoms with Crippen molar-refractivity contribution < 1.29 is 4.74 Å². The average Bonchev–Trinajstić information content (AvgIpc) is 2.96. The van der Waals surface area contributed by atoms with E-state index in [1.165, 1.54) is 6.33 Å². The van der Waals surface area contributed by atoms with Gasteiger partial charge in [-0.15, -0.1) is 5.10 Å². The van der Waals surface area contributed by atoms with Crippen molar-refractivity contribution in [3.05, 3.63) is 30.6 Å². The Morgan fingerprint density at radius 3 is 2.90 bits per heavy atom. The van der Waals surface area contributed by atoms with Gasteiger partial charge in [-0.2, -0.15) is 4.68 Å². The third-order valence-electron chi connectivity index (χ3n) is 3.08. The summed E-state index contributed by atoms with van der Waals surface area (Å²) in [6.07, 6.45) is 2.49. The molecule has 0 fully saturated rings. The fourth-order valence-electron chi connectivity index (χ4n) is 2.10. The Hall–Kier alpha value is -2.70. The number of rotatable bonds is 5. The number of nitrogens with zero attached hydrogens (tertiary/aromatic N) is 5. The summed E-state index contributed by atoms with van der Waals surface area (Å²) in [5, 5.41) is 11.5. The number of aromatic nitrogens is 5. The molecular weight excluding hydrogens is 268 g/mol. The average molecular weight is 284 g/mol. The predicted octanol–water partition coefficient (Wildman–Crippen LogP) is 2.04. The summed E-state index contributed by atoms with van der Waals surface area (Å²) >= 11 is 0. The molecule has 7 heteroatoms. The first kappa shape index (κ1) is 13.3. The third kappa shape index (κ3) is 2.37. The van der Waals surface area contributed by atoms with E-state index in [2.05, 4.69) is 32.5 Å². The molecule has 0 saturated carbocycles. The van der Waals surface area contributed by atoms with Crippen LogP contribution < -0.4 is 10.1 Å². The largest absolute Gasteiger partial charge is 0.490 e. The number of ether oxygens (including phenoxy) is 1. The van der Waals surface area contributed by atoms with E-state index < -0.39 is 0 Å². The summed E-state index contributed by atoms with van der Waals surface area (Å²) < 4.78 is 7.13. The second kappa shape index (κ2) is 5.74. The molecule has 0 aliphatic carbocycles. The fourth-order valence-corrected chi connectivity index (χ4v) is 2.10. The van der Waals surface area contributed by atoms with Gasteiger partial charge in [-0.3, -0.25) is 0 Å². The molecule has 2 aromatic heterocycles. The van der Waals surface area contributed by atoms with Gasteiger partial charge in [-0.1, -0.05) is 24.3 Å². The van der Waals surface area contributed by atoms with Crippen molar-refractivity contribution in [3.8, 4) is 11.6 Å². The van der Waals surface area contributed by atoms with Crippen molar-refractivity contribution in [1.29, 1.82) is 0 Å². The lowest BCUT2D eigenvalue weighted by Gasteiger charge is -2.12. The number of hydrogen-bond donors (Lipinski definition) is 1. The second-order valence-electron chi connectivity index (χ2n) is 4.50. The summed E-state index contributed by atoms with van der Waals surface area (Å²) in [7, 11) is 1.60. The second-order valence-corrected chi connectivity index (χ2v) is 4.50. The van der Waals surface area contributed by atoms with Crippen molar-refractivity contribution in [1.82, 2.24) is 25.0 Å². The van der Waals surface area contributed by atoms with Gasteiger partial charge in [0.2, 0.25) is 11.6 Å². The van der Waals surface area contributed by atoms with Crippen molar-refractivity contribution in [2.75, 3.05) is 19.0 Å². The Bertz CT molecular complexity index is 754. The zero-order valence-electron chi connectivity index (χ0n) is 11.9. The van der Waals surface area contributed by atoms with Gasteiger partial charge in [-0.05, 0) is 18.6 Å². The van der Waals surface area contributed by atoms with Crippen molar-refractivity contribution in [2.24, 2.45) is 0 Å². The Labute approximate surface area is 122 Å². The van der Waals surface area contributed by atoms with Gasteiger partial charge in [0.05, 0.1) is 12.6 Å². The summed E-state index contributed by atoms with van der Waals surface area (Å²) in [5.74, 6) is 1.78. The van der Waals surface area contributed by atoms with Gasteiger partial charge in [0, 0.05) is 6.54 Å². The maximum atomic E-state index is 5.47. The molecule has 3 aromatic rings. The fraction of sp³-hybridized carbons (Fsp3) is 0.286. The van der Waals surface area contributed by atoms with E-state index in [1.54, 1.807) is 11.8 Å². The molecular formula is C14H16N6O. The number of hydrogen-bond acceptors (Lipinski definition) is 6. The molecule has 0 amide bonds. The maximum Gasteiger partial charge on any atom is 0.206 e. The number of anilines is 1. The summed E-state index contributed by atoms with van der Waals surface area (Å²) in [4.78, 5) is 8.52. The standard InChI is InChI=1S/C14H16N6O/c1-3-8-15-13-12(21-2)14(17-9-16-13)20-11-7-5-4-6-10(11)18-19-20/h4-7,9H,3,8H2,1-2H3,(H,15,16,17). The minimum Gasteiger partial charge on any atom is -0.490 e. The highest BCUT2D eigenvalue weighted by atomic mass is 16.5. The van der Waals surface area contributed by atoms with Crippen molar-refractivity contribution in [3.63, 3.8) is 0 Å². The van der Waals surface area contributed by atoms with E-state index in [-0.39, 0.29) is 0 Å². The summed E-state index contributed by atoms with van der Waals surface area (Å²) in [6.45, 7) is 2.90. The zero-order chi connectivity index (χ0) is 14.7. The molecule has 7 nitrogen and oxygen atoms in total. The van der Waals surface area contributed by atoms with Crippen LogP contribution in [0.1, 0.15) is 13.3 Å². The SMILES string of the molecule is CCCNc1ncnc(-n2nnc3ccccc32)c1OC. The molecule has 0 aliphatic rings. The maximum absolute atomic E-state index is 5.47. The van der Waals surface area contributed by atoms with Gasteiger partial charge in [-0.25, -0.2) is 9.97 Å². The predicted molar refractivity (Wildman–Crippen MR) is 79.8 cm³/mol. The number of nitrogens with one attached hydrogen (secondary N) is 1. The van der Waals surface area contributed by atoms with Crippen LogP contribution in [0, 0.1) is 0 Å². The molecule has 0 aliphatic heterocycles. The Morgan fingerprint density at radius 1 is 1.24 bits per heavy atom. The summed E-state index contributed by atoms with van der Waals surface area (Å²) in [5.41, 5.74) is 1.68. The molecule has 0 unspecified atom stereocenters. The van der Waals surface area contributed by atoms with Crippen LogP contribution in [0.25, 0.3) is 16.9 Å². The minimum absolute atomic E-state index is 0.557. The lowest BCUT2D eigenvalue weighted by Crippen LogP contribution is -2.09. The van der Waals surface area contributed by atoms with Gasteiger partial charge < -0.3 is 10.1 Å². The smallest absolute Gasteiger partial charge is 0.206 e. The normalized spacial score (nSPS) is 10.8. The van der Waals surface area contributed by atoms with Crippen LogP contribution in [0.4, 0.5) is 5.82 Å². The van der Waals surface area contributed by atoms with Crippen molar-refractivity contribution >= 4 is 16.9 Å². The highest BCUT2D eigenvalue weighted by molar-refractivity contribution is 5.76. The molecule has 21 heavy (non-hydrogen) atoms. The molecule has 108 valence electrons. The van der Waals surface area contributed by atoms with E-state index >= 15 is 0 Å². The van der Waals surface area contributed by atoms with Crippen LogP contribution in [0.3, 0.4) is 0 Å². The highest BCUT2D eigenvalue weighted by Crippen LogP contribution is 2.28. The van der Waals surface area contributed by atoms with E-state index in [9.17, 15) is 0 Å². The molecule has 0 radical (unpaired) electrons. The molecule has 1 aromatic carbocycles. The monoisotopic (exact) mass is 284 g/mol. The van der Waals surface area contributed by atoms with Crippen molar-refractivity contribution in [2.45, 2.75) is 13.3 Å². The van der Waals surface area contributed by atoms with E-state index in [0.717, 1.165) is 24.0 Å². The first-order chi connectivity index (χ1) is 10.3. The lowest BCUT2D eigenvalue weighted by molar-refractivity contribution is 0.409. The van der Waals surface area contributed by atoms with Crippen LogP contribution in [0.15, 0.2) is 30.6 Å². The first-order valence-electron chi connectivity index (χ1n) is 6.78. The van der Waals surface area contributed by atoms with Gasteiger partial charge >= 0.3 is 0 Å². The van der Waals surface area contributed by atoms with E-state index in [1.807, 2.05) is 24.3 Å². The van der Waals surface area contributed by atoms with Crippen LogP contribution in [-0.2, 0) is 0 Å². The van der Waals surface area contributed by atoms with E-state index in [4.69, 9.17) is 4.74 Å². The number of fused-ring (bicyclic) bond motifs is 1. The molecule has 2 heterocycles. The Kier molecular flexibility index (Phi) is 3.63. The molecule has 0 spiro atoms. The Morgan fingerprint density at radius 2 is 2.10 bits per heavy atom. The molecule has 0 atom stereocenters. The first-order valence-corrected chi connectivity index (χ1v) is 6.78. The quantitative estimate of drug-likeness (QED) is 0.772. The molecule has 3 rings (SSSR count). The molecule has 0 bridgehead atoms. The molecule has 1 N–H and O–H groups in total. The van der Waals surface area contributed by atoms with Gasteiger partial charge in [0.25, 0.3) is 0 Å². The number of para-hydroxylation sites is 1. The molecule has 0 saturated heterocycles. The highest BCUT2D eigenvalue weighted by Gasteiger charge is 2.16. The van der Waals surface area contributed by atoms with Crippen LogP contribution in [0.5, 0.6) is 5.75 Å². The minimum atomic E-state index is 0.557. The zero-order valence-corrected chi connectivity index (χ0v) is 11.9. The van der Waals surface area contributed by atoms with E-state index in [0.29, 0.717) is 17.4 Å². The number of methoxy groups -OCH3 is 1. The lowest BCUT2D eigenvalue weighted by atomic mass is 10.3. The summed E-state index contributed by atoms with van der Waals surface area (Å²) in [6, 6.07) is 7.71. The van der Waals surface area contributed by atoms with Crippen LogP contribution in [-0.4, -0.2) is 38.6 Å². The Balaban J connectivity index is 2.13. The third-order valence-corrected chi connectivity index (χ3v) is 3.08. The number of benzene rings is 1. The topological polar surface area (TPSA) is 77.8 Å². The van der Waals surface area contributed by atoms with Crippen LogP contribution in [0.2, 0.25) is 0 Å². The van der Waals surface area contributed by atoms with Gasteiger partial charge in [0.1, 0.15) is 11.8 Å². The van der Waals surface area contributed by atoms with Crippen LogP contribution >= 0.6 is 0 Å².